The molecule has 0 fully saturated rings. The van der Waals surface area contributed by atoms with Crippen LogP contribution in [-0.2, 0) is 0 Å². The third kappa shape index (κ3) is 5.62. The van der Waals surface area contributed by atoms with E-state index in [-0.39, 0.29) is 5.92 Å². The van der Waals surface area contributed by atoms with Crippen molar-refractivity contribution in [2.75, 3.05) is 0 Å². The summed E-state index contributed by atoms with van der Waals surface area (Å²) in [5.41, 5.74) is 1.07. The molecule has 0 rings (SSSR count). The van der Waals surface area contributed by atoms with Gasteiger partial charge in [-0.3, -0.25) is 0 Å². The lowest BCUT2D eigenvalue weighted by Crippen LogP contribution is -2.12. The van der Waals surface area contributed by atoms with Crippen molar-refractivity contribution in [3.63, 3.8) is 0 Å². The largest absolute Gasteiger partial charge is 0.247 e. The Kier molecular flexibility index (Phi) is 6.56. The van der Waals surface area contributed by atoms with Crippen molar-refractivity contribution in [2.24, 2.45) is 5.92 Å². The zero-order valence-electron chi connectivity index (χ0n) is 9.02. The van der Waals surface area contributed by atoms with E-state index in [1.165, 1.54) is 0 Å². The Morgan fingerprint density at radius 3 is 2.54 bits per heavy atom. The van der Waals surface area contributed by atoms with Gasteiger partial charge in [0.15, 0.2) is 0 Å². The predicted octanol–water partition coefficient (Wildman–Crippen LogP) is 4.28. The van der Waals surface area contributed by atoms with E-state index in [0.29, 0.717) is 6.42 Å². The molecule has 0 N–H and O–H groups in total. The molecule has 0 aromatic carbocycles. The van der Waals surface area contributed by atoms with Crippen molar-refractivity contribution in [2.45, 2.75) is 46.2 Å². The van der Waals surface area contributed by atoms with E-state index < -0.39 is 6.17 Å². The molecule has 2 atom stereocenters. The minimum Gasteiger partial charge on any atom is -0.247 e. The first-order chi connectivity index (χ1) is 6.11. The SMILES string of the molecule is C=C(C)CC[C@H](F)[C@H](/C=C/C)CC. The number of allylic oxidation sites excluding steroid dienone is 3. The molecule has 0 saturated heterocycles. The van der Waals surface area contributed by atoms with Crippen molar-refractivity contribution < 1.29 is 4.39 Å². The summed E-state index contributed by atoms with van der Waals surface area (Å²) in [6, 6.07) is 0. The van der Waals surface area contributed by atoms with E-state index >= 15 is 0 Å². The Bertz CT molecular complexity index is 170. The van der Waals surface area contributed by atoms with Crippen molar-refractivity contribution in [3.05, 3.63) is 24.3 Å². The highest BCUT2D eigenvalue weighted by Crippen LogP contribution is 2.20. The molecule has 0 nitrogen and oxygen atoms in total. The molecule has 0 unspecified atom stereocenters. The van der Waals surface area contributed by atoms with Gasteiger partial charge < -0.3 is 0 Å². The standard InChI is InChI=1S/C12H21F/c1-5-7-11(6-2)12(13)9-8-10(3)4/h5,7,11-12H,3,6,8-9H2,1-2,4H3/b7-5+/t11-,12-/m0/s1. The molecule has 0 bridgehead atoms. The van der Waals surface area contributed by atoms with Crippen LogP contribution < -0.4 is 0 Å². The van der Waals surface area contributed by atoms with Crippen molar-refractivity contribution in [1.29, 1.82) is 0 Å². The second-order valence-corrected chi connectivity index (χ2v) is 3.61. The Balaban J connectivity index is 3.90. The molecule has 0 heterocycles. The monoisotopic (exact) mass is 184 g/mol. The fraction of sp³-hybridized carbons (Fsp3) is 0.667. The number of alkyl halides is 1. The first-order valence-corrected chi connectivity index (χ1v) is 5.03. The summed E-state index contributed by atoms with van der Waals surface area (Å²) in [6.45, 7) is 9.69. The van der Waals surface area contributed by atoms with Crippen LogP contribution >= 0.6 is 0 Å². The molecule has 0 aromatic rings. The average Bonchev–Trinajstić information content (AvgIpc) is 2.10. The maximum atomic E-state index is 13.5. The van der Waals surface area contributed by atoms with E-state index in [4.69, 9.17) is 0 Å². The fourth-order valence-corrected chi connectivity index (χ4v) is 1.36. The Labute approximate surface area is 81.5 Å². The second-order valence-electron chi connectivity index (χ2n) is 3.61. The van der Waals surface area contributed by atoms with Crippen LogP contribution in [0.4, 0.5) is 4.39 Å². The molecular weight excluding hydrogens is 163 g/mol. The van der Waals surface area contributed by atoms with Crippen LogP contribution in [-0.4, -0.2) is 6.17 Å². The van der Waals surface area contributed by atoms with Crippen molar-refractivity contribution >= 4 is 0 Å². The highest BCUT2D eigenvalue weighted by Gasteiger charge is 2.15. The molecule has 0 aliphatic heterocycles. The van der Waals surface area contributed by atoms with Gasteiger partial charge in [-0.25, -0.2) is 4.39 Å². The molecule has 0 amide bonds. The van der Waals surface area contributed by atoms with Crippen LogP contribution in [0.25, 0.3) is 0 Å². The first kappa shape index (κ1) is 12.4. The minimum atomic E-state index is -0.710. The summed E-state index contributed by atoms with van der Waals surface area (Å²) in [6.07, 6.45) is 5.47. The molecule has 1 heteroatoms. The maximum absolute atomic E-state index is 13.5. The van der Waals surface area contributed by atoms with Crippen LogP contribution in [0.5, 0.6) is 0 Å². The highest BCUT2D eigenvalue weighted by molar-refractivity contribution is 4.93. The average molecular weight is 184 g/mol. The summed E-state index contributed by atoms with van der Waals surface area (Å²) in [7, 11) is 0. The third-order valence-electron chi connectivity index (χ3n) is 2.22. The zero-order chi connectivity index (χ0) is 10.3. The van der Waals surface area contributed by atoms with E-state index in [1.807, 2.05) is 32.9 Å². The van der Waals surface area contributed by atoms with Crippen LogP contribution in [0.2, 0.25) is 0 Å². The van der Waals surface area contributed by atoms with Gasteiger partial charge in [0, 0.05) is 5.92 Å². The quantitative estimate of drug-likeness (QED) is 0.540. The van der Waals surface area contributed by atoms with Gasteiger partial charge >= 0.3 is 0 Å². The second kappa shape index (κ2) is 6.88. The molecule has 0 saturated carbocycles. The van der Waals surface area contributed by atoms with Gasteiger partial charge in [-0.05, 0) is 33.1 Å². The predicted molar refractivity (Wildman–Crippen MR) is 57.5 cm³/mol. The van der Waals surface area contributed by atoms with E-state index in [1.54, 1.807) is 0 Å². The molecule has 0 aliphatic carbocycles. The van der Waals surface area contributed by atoms with Crippen molar-refractivity contribution in [3.8, 4) is 0 Å². The number of halogens is 1. The summed E-state index contributed by atoms with van der Waals surface area (Å²) >= 11 is 0. The fourth-order valence-electron chi connectivity index (χ4n) is 1.36. The summed E-state index contributed by atoms with van der Waals surface area (Å²) < 4.78 is 13.5. The van der Waals surface area contributed by atoms with E-state index in [2.05, 4.69) is 6.58 Å². The number of hydrogen-bond acceptors (Lipinski definition) is 0. The van der Waals surface area contributed by atoms with Gasteiger partial charge in [0.25, 0.3) is 0 Å². The topological polar surface area (TPSA) is 0 Å². The van der Waals surface area contributed by atoms with Crippen LogP contribution in [0.15, 0.2) is 24.3 Å². The number of rotatable bonds is 6. The lowest BCUT2D eigenvalue weighted by molar-refractivity contribution is 0.242. The lowest BCUT2D eigenvalue weighted by Gasteiger charge is -2.15. The van der Waals surface area contributed by atoms with Gasteiger partial charge in [-0.2, -0.15) is 0 Å². The highest BCUT2D eigenvalue weighted by atomic mass is 19.1. The molecule has 13 heavy (non-hydrogen) atoms. The van der Waals surface area contributed by atoms with Gasteiger partial charge in [0.2, 0.25) is 0 Å². The van der Waals surface area contributed by atoms with Crippen LogP contribution in [0.1, 0.15) is 40.0 Å². The third-order valence-corrected chi connectivity index (χ3v) is 2.22. The van der Waals surface area contributed by atoms with Gasteiger partial charge in [0.05, 0.1) is 0 Å². The van der Waals surface area contributed by atoms with E-state index in [0.717, 1.165) is 18.4 Å². The van der Waals surface area contributed by atoms with Crippen LogP contribution in [0.3, 0.4) is 0 Å². The summed E-state index contributed by atoms with van der Waals surface area (Å²) in [4.78, 5) is 0. The smallest absolute Gasteiger partial charge is 0.107 e. The lowest BCUT2D eigenvalue weighted by atomic mass is 9.95. The normalized spacial score (nSPS) is 16.0. The minimum absolute atomic E-state index is 0.0874. The molecular formula is C12H21F. The van der Waals surface area contributed by atoms with Crippen molar-refractivity contribution in [1.82, 2.24) is 0 Å². The number of hydrogen-bond donors (Lipinski definition) is 0. The summed E-state index contributed by atoms with van der Waals surface area (Å²) in [5.74, 6) is 0.0874. The van der Waals surface area contributed by atoms with Gasteiger partial charge in [-0.15, -0.1) is 6.58 Å². The van der Waals surface area contributed by atoms with E-state index in [9.17, 15) is 4.39 Å². The Morgan fingerprint density at radius 2 is 2.15 bits per heavy atom. The Hall–Kier alpha value is -0.590. The molecule has 0 radical (unpaired) electrons. The molecule has 76 valence electrons. The zero-order valence-corrected chi connectivity index (χ0v) is 9.02. The summed E-state index contributed by atoms with van der Waals surface area (Å²) in [5, 5.41) is 0. The molecule has 0 aromatic heterocycles. The van der Waals surface area contributed by atoms with Crippen LogP contribution in [0, 0.1) is 5.92 Å². The van der Waals surface area contributed by atoms with Gasteiger partial charge in [0.1, 0.15) is 6.17 Å². The molecule has 0 aliphatic rings. The maximum Gasteiger partial charge on any atom is 0.107 e. The van der Waals surface area contributed by atoms with Gasteiger partial charge in [-0.1, -0.05) is 24.6 Å². The Morgan fingerprint density at radius 1 is 1.54 bits per heavy atom. The first-order valence-electron chi connectivity index (χ1n) is 5.03. The molecule has 0 spiro atoms.